The van der Waals surface area contributed by atoms with E-state index in [1.165, 1.54) is 19.3 Å². The number of hydrogen-bond donors (Lipinski definition) is 0. The molecule has 0 aromatic heterocycles. The van der Waals surface area contributed by atoms with Gasteiger partial charge in [-0.2, -0.15) is 0 Å². The summed E-state index contributed by atoms with van der Waals surface area (Å²) < 4.78 is 10.8. The Hall–Kier alpha value is -1.51. The Morgan fingerprint density at radius 1 is 1.14 bits per heavy atom. The maximum absolute atomic E-state index is 11.7. The van der Waals surface area contributed by atoms with E-state index < -0.39 is 0 Å². The van der Waals surface area contributed by atoms with Crippen LogP contribution < -0.4 is 4.74 Å². The highest BCUT2D eigenvalue weighted by molar-refractivity contribution is 5.89. The third-order valence-electron chi connectivity index (χ3n) is 3.70. The first-order chi connectivity index (χ1) is 10.5. The van der Waals surface area contributed by atoms with Crippen LogP contribution in [0.15, 0.2) is 24.3 Å². The molecule has 1 aromatic carbocycles. The summed E-state index contributed by atoms with van der Waals surface area (Å²) in [5, 5.41) is 0. The molecule has 0 aliphatic heterocycles. The predicted octanol–water partition coefficient (Wildman–Crippen LogP) is 5.09. The quantitative estimate of drug-likeness (QED) is 0.564. The van der Waals surface area contributed by atoms with Gasteiger partial charge in [-0.05, 0) is 43.4 Å². The molecule has 0 radical (unpaired) electrons. The molecule has 1 atom stereocenters. The molecular weight excluding hydrogens is 276 g/mol. The molecule has 1 aromatic rings. The highest BCUT2D eigenvalue weighted by Crippen LogP contribution is 2.18. The van der Waals surface area contributed by atoms with Crippen molar-refractivity contribution in [1.82, 2.24) is 0 Å². The number of carbonyl (C=O) groups is 1. The summed E-state index contributed by atoms with van der Waals surface area (Å²) in [7, 11) is 0. The number of carbonyl (C=O) groups excluding carboxylic acids is 1. The molecular formula is C19H30O3. The summed E-state index contributed by atoms with van der Waals surface area (Å²) in [4.78, 5) is 11.7. The van der Waals surface area contributed by atoms with Crippen LogP contribution in [-0.4, -0.2) is 19.2 Å². The summed E-state index contributed by atoms with van der Waals surface area (Å²) in [5.74, 6) is 1.90. The lowest BCUT2D eigenvalue weighted by molar-refractivity contribution is 0.0526. The molecule has 3 nitrogen and oxygen atoms in total. The van der Waals surface area contributed by atoms with Crippen molar-refractivity contribution >= 4 is 5.97 Å². The van der Waals surface area contributed by atoms with Gasteiger partial charge in [0.25, 0.3) is 0 Å². The van der Waals surface area contributed by atoms with Crippen molar-refractivity contribution in [3.05, 3.63) is 29.8 Å². The fraction of sp³-hybridized carbons (Fsp3) is 0.632. The molecule has 1 rings (SSSR count). The summed E-state index contributed by atoms with van der Waals surface area (Å²) in [6, 6.07) is 7.21. The van der Waals surface area contributed by atoms with E-state index in [9.17, 15) is 4.79 Å². The molecule has 3 heteroatoms. The lowest BCUT2D eigenvalue weighted by atomic mass is 9.98. The Bertz CT molecular complexity index is 440. The lowest BCUT2D eigenvalue weighted by Crippen LogP contribution is -2.07. The highest BCUT2D eigenvalue weighted by atomic mass is 16.5. The van der Waals surface area contributed by atoms with Crippen LogP contribution in [0.3, 0.4) is 0 Å². The Morgan fingerprint density at radius 3 is 2.59 bits per heavy atom. The fourth-order valence-electron chi connectivity index (χ4n) is 2.32. The average Bonchev–Trinajstić information content (AvgIpc) is 2.47. The molecule has 0 bridgehead atoms. The second-order valence-electron chi connectivity index (χ2n) is 6.32. The van der Waals surface area contributed by atoms with Crippen molar-refractivity contribution in [2.24, 2.45) is 11.8 Å². The molecule has 0 heterocycles. The lowest BCUT2D eigenvalue weighted by Gasteiger charge is -2.13. The Balaban J connectivity index is 2.32. The van der Waals surface area contributed by atoms with Crippen LogP contribution in [0.2, 0.25) is 0 Å². The number of benzene rings is 1. The van der Waals surface area contributed by atoms with Crippen molar-refractivity contribution in [2.75, 3.05) is 13.2 Å². The molecule has 0 N–H and O–H groups in total. The molecule has 22 heavy (non-hydrogen) atoms. The highest BCUT2D eigenvalue weighted by Gasteiger charge is 2.08. The fourth-order valence-corrected chi connectivity index (χ4v) is 2.32. The third kappa shape index (κ3) is 7.48. The van der Waals surface area contributed by atoms with Crippen LogP contribution in [0.5, 0.6) is 5.75 Å². The monoisotopic (exact) mass is 306 g/mol. The summed E-state index contributed by atoms with van der Waals surface area (Å²) in [6.07, 6.45) is 4.89. The van der Waals surface area contributed by atoms with Crippen molar-refractivity contribution < 1.29 is 14.3 Å². The van der Waals surface area contributed by atoms with Crippen LogP contribution in [0, 0.1) is 11.8 Å². The summed E-state index contributed by atoms with van der Waals surface area (Å²) in [5.41, 5.74) is 0.546. The zero-order valence-corrected chi connectivity index (χ0v) is 14.4. The van der Waals surface area contributed by atoms with Crippen molar-refractivity contribution in [1.29, 1.82) is 0 Å². The first-order valence-corrected chi connectivity index (χ1v) is 8.42. The largest absolute Gasteiger partial charge is 0.494 e. The van der Waals surface area contributed by atoms with E-state index in [4.69, 9.17) is 9.47 Å². The third-order valence-corrected chi connectivity index (χ3v) is 3.70. The second kappa shape index (κ2) is 10.3. The maximum Gasteiger partial charge on any atom is 0.338 e. The number of esters is 1. The number of rotatable bonds is 10. The average molecular weight is 306 g/mol. The standard InChI is InChI=1S/C19H30O3/c1-5-21-19(20)17-10-7-11-18(14-17)22-13-12-16(4)9-6-8-15(2)3/h7,10-11,14-16H,5-6,8-9,12-13H2,1-4H3/t16-/m0/s1. The van der Waals surface area contributed by atoms with Crippen LogP contribution in [0.4, 0.5) is 0 Å². The van der Waals surface area contributed by atoms with Gasteiger partial charge in [0.05, 0.1) is 18.8 Å². The van der Waals surface area contributed by atoms with Gasteiger partial charge in [0.1, 0.15) is 5.75 Å². The Morgan fingerprint density at radius 2 is 1.91 bits per heavy atom. The van der Waals surface area contributed by atoms with E-state index >= 15 is 0 Å². The van der Waals surface area contributed by atoms with Gasteiger partial charge in [-0.1, -0.05) is 46.1 Å². The minimum atomic E-state index is -0.296. The van der Waals surface area contributed by atoms with Gasteiger partial charge in [0.2, 0.25) is 0 Å². The van der Waals surface area contributed by atoms with Crippen LogP contribution in [0.1, 0.15) is 63.7 Å². The summed E-state index contributed by atoms with van der Waals surface area (Å²) in [6.45, 7) is 9.69. The maximum atomic E-state index is 11.7. The zero-order valence-electron chi connectivity index (χ0n) is 14.4. The van der Waals surface area contributed by atoms with E-state index in [2.05, 4.69) is 20.8 Å². The van der Waals surface area contributed by atoms with Gasteiger partial charge in [-0.15, -0.1) is 0 Å². The molecule has 0 saturated heterocycles. The molecule has 0 amide bonds. The van der Waals surface area contributed by atoms with Gasteiger partial charge >= 0.3 is 5.97 Å². The van der Waals surface area contributed by atoms with E-state index in [0.717, 1.165) is 18.1 Å². The van der Waals surface area contributed by atoms with E-state index in [0.29, 0.717) is 24.7 Å². The topological polar surface area (TPSA) is 35.5 Å². The first-order valence-electron chi connectivity index (χ1n) is 8.42. The van der Waals surface area contributed by atoms with Crippen LogP contribution in [-0.2, 0) is 4.74 Å². The molecule has 0 spiro atoms. The molecule has 124 valence electrons. The predicted molar refractivity (Wildman–Crippen MR) is 90.4 cm³/mol. The minimum absolute atomic E-state index is 0.296. The molecule has 0 aliphatic carbocycles. The Kier molecular flexibility index (Phi) is 8.64. The normalized spacial score (nSPS) is 12.2. The van der Waals surface area contributed by atoms with Crippen molar-refractivity contribution in [3.63, 3.8) is 0 Å². The van der Waals surface area contributed by atoms with Gasteiger partial charge < -0.3 is 9.47 Å². The van der Waals surface area contributed by atoms with E-state index in [1.807, 2.05) is 12.1 Å². The van der Waals surface area contributed by atoms with Crippen LogP contribution >= 0.6 is 0 Å². The van der Waals surface area contributed by atoms with Crippen molar-refractivity contribution in [3.8, 4) is 5.75 Å². The van der Waals surface area contributed by atoms with Gasteiger partial charge in [0, 0.05) is 0 Å². The summed E-state index contributed by atoms with van der Waals surface area (Å²) >= 11 is 0. The van der Waals surface area contributed by atoms with Gasteiger partial charge in [0.15, 0.2) is 0 Å². The van der Waals surface area contributed by atoms with Gasteiger partial charge in [-0.25, -0.2) is 4.79 Å². The Labute approximate surface area is 135 Å². The minimum Gasteiger partial charge on any atom is -0.494 e. The zero-order chi connectivity index (χ0) is 16.4. The second-order valence-corrected chi connectivity index (χ2v) is 6.32. The number of hydrogen-bond acceptors (Lipinski definition) is 3. The molecule has 0 fully saturated rings. The smallest absolute Gasteiger partial charge is 0.338 e. The van der Waals surface area contributed by atoms with Crippen molar-refractivity contribution in [2.45, 2.75) is 53.4 Å². The molecule has 0 unspecified atom stereocenters. The van der Waals surface area contributed by atoms with E-state index in [1.54, 1.807) is 19.1 Å². The van der Waals surface area contributed by atoms with Crippen LogP contribution in [0.25, 0.3) is 0 Å². The molecule has 0 saturated carbocycles. The first kappa shape index (κ1) is 18.5. The van der Waals surface area contributed by atoms with Gasteiger partial charge in [-0.3, -0.25) is 0 Å². The SMILES string of the molecule is CCOC(=O)c1cccc(OCC[C@@H](C)CCCC(C)C)c1. The van der Waals surface area contributed by atoms with E-state index in [-0.39, 0.29) is 5.97 Å². The molecule has 0 aliphatic rings. The number of ether oxygens (including phenoxy) is 2.